The average molecular weight is 311 g/mol. The van der Waals surface area contributed by atoms with Crippen molar-refractivity contribution in [2.24, 2.45) is 0 Å². The first kappa shape index (κ1) is 14.6. The number of oxazole rings is 1. The van der Waals surface area contributed by atoms with E-state index in [9.17, 15) is 4.79 Å². The third-order valence-electron chi connectivity index (χ3n) is 2.91. The minimum atomic E-state index is -0.437. The van der Waals surface area contributed by atoms with E-state index < -0.39 is 5.91 Å². The van der Waals surface area contributed by atoms with Crippen molar-refractivity contribution in [3.63, 3.8) is 0 Å². The fraction of sp³-hybridized carbons (Fsp3) is 0.0625. The third kappa shape index (κ3) is 3.65. The predicted octanol–water partition coefficient (Wildman–Crippen LogP) is 3.12. The van der Waals surface area contributed by atoms with Crippen molar-refractivity contribution in [3.05, 3.63) is 60.7 Å². The van der Waals surface area contributed by atoms with Crippen LogP contribution in [0.4, 0.5) is 6.01 Å². The van der Waals surface area contributed by atoms with Gasteiger partial charge in [-0.1, -0.05) is 0 Å². The first-order valence-electron chi connectivity index (χ1n) is 6.73. The second-order valence-corrected chi connectivity index (χ2v) is 4.45. The van der Waals surface area contributed by atoms with Gasteiger partial charge in [0.2, 0.25) is 0 Å². The highest BCUT2D eigenvalue weighted by Crippen LogP contribution is 2.24. The minimum absolute atomic E-state index is 0.110. The maximum atomic E-state index is 12.1. The largest absolute Gasteiger partial charge is 0.497 e. The number of anilines is 1. The van der Waals surface area contributed by atoms with Gasteiger partial charge in [-0.15, -0.1) is 0 Å². The van der Waals surface area contributed by atoms with Crippen molar-refractivity contribution in [2.75, 3.05) is 12.4 Å². The van der Waals surface area contributed by atoms with E-state index in [1.54, 1.807) is 37.4 Å². The molecule has 0 fully saturated rings. The lowest BCUT2D eigenvalue weighted by atomic mass is 10.3. The Morgan fingerprint density at radius 1 is 1.04 bits per heavy atom. The molecule has 7 heteroatoms. The number of nitrogens with one attached hydrogen (secondary N) is 1. The molecule has 1 aromatic carbocycles. The number of benzene rings is 1. The van der Waals surface area contributed by atoms with E-state index in [1.165, 1.54) is 24.7 Å². The fourth-order valence-electron chi connectivity index (χ4n) is 1.82. The molecule has 0 spiro atoms. The number of nitrogens with zero attached hydrogens (tertiary/aromatic N) is 2. The van der Waals surface area contributed by atoms with Crippen molar-refractivity contribution in [1.82, 2.24) is 9.97 Å². The number of hydrogen-bond donors (Lipinski definition) is 1. The van der Waals surface area contributed by atoms with Gasteiger partial charge in [0.25, 0.3) is 5.91 Å². The Labute approximate surface area is 131 Å². The van der Waals surface area contributed by atoms with E-state index in [1.807, 2.05) is 0 Å². The zero-order valence-corrected chi connectivity index (χ0v) is 12.2. The van der Waals surface area contributed by atoms with Crippen molar-refractivity contribution in [3.8, 4) is 17.2 Å². The molecular weight excluding hydrogens is 298 g/mol. The van der Waals surface area contributed by atoms with Gasteiger partial charge in [-0.05, 0) is 30.3 Å². The molecule has 0 unspecified atom stereocenters. The van der Waals surface area contributed by atoms with Crippen LogP contribution in [0.3, 0.4) is 0 Å². The fourth-order valence-corrected chi connectivity index (χ4v) is 1.82. The van der Waals surface area contributed by atoms with Crippen LogP contribution < -0.4 is 14.8 Å². The van der Waals surface area contributed by atoms with E-state index in [4.69, 9.17) is 13.9 Å². The monoisotopic (exact) mass is 311 g/mol. The van der Waals surface area contributed by atoms with Crippen LogP contribution in [0.5, 0.6) is 17.2 Å². The average Bonchev–Trinajstić information content (AvgIpc) is 3.09. The van der Waals surface area contributed by atoms with Crippen LogP contribution in [0.15, 0.2) is 59.5 Å². The van der Waals surface area contributed by atoms with Gasteiger partial charge in [0.15, 0.2) is 0 Å². The maximum Gasteiger partial charge on any atom is 0.301 e. The molecule has 1 amide bonds. The number of rotatable bonds is 5. The van der Waals surface area contributed by atoms with E-state index >= 15 is 0 Å². The second-order valence-electron chi connectivity index (χ2n) is 4.45. The molecule has 2 heterocycles. The van der Waals surface area contributed by atoms with Gasteiger partial charge < -0.3 is 13.9 Å². The molecule has 0 aliphatic heterocycles. The topological polar surface area (TPSA) is 86.5 Å². The van der Waals surface area contributed by atoms with Gasteiger partial charge in [0.05, 0.1) is 13.3 Å². The minimum Gasteiger partial charge on any atom is -0.497 e. The Bertz CT molecular complexity index is 785. The van der Waals surface area contributed by atoms with Gasteiger partial charge in [-0.3, -0.25) is 15.1 Å². The lowest BCUT2D eigenvalue weighted by molar-refractivity contribution is 0.101. The van der Waals surface area contributed by atoms with Crippen molar-refractivity contribution >= 4 is 11.9 Å². The molecule has 0 radical (unpaired) electrons. The molecule has 0 bridgehead atoms. The van der Waals surface area contributed by atoms with E-state index in [2.05, 4.69) is 15.3 Å². The summed E-state index contributed by atoms with van der Waals surface area (Å²) in [6.45, 7) is 0. The normalized spacial score (nSPS) is 10.1. The molecule has 3 aromatic rings. The van der Waals surface area contributed by atoms with Crippen LogP contribution in [0.1, 0.15) is 10.5 Å². The SMILES string of the molecule is COc1ccc(Oc2ccnc(C(=O)Nc3ncco3)c2)cc1. The summed E-state index contributed by atoms with van der Waals surface area (Å²) in [4.78, 5) is 19.9. The van der Waals surface area contributed by atoms with Crippen LogP contribution >= 0.6 is 0 Å². The third-order valence-corrected chi connectivity index (χ3v) is 2.91. The summed E-state index contributed by atoms with van der Waals surface area (Å²) in [5.74, 6) is 1.41. The van der Waals surface area contributed by atoms with Gasteiger partial charge in [0, 0.05) is 12.3 Å². The number of aromatic nitrogens is 2. The maximum absolute atomic E-state index is 12.1. The molecule has 7 nitrogen and oxygen atoms in total. The van der Waals surface area contributed by atoms with Crippen LogP contribution in [0, 0.1) is 0 Å². The molecule has 3 rings (SSSR count). The van der Waals surface area contributed by atoms with Crippen molar-refractivity contribution in [1.29, 1.82) is 0 Å². The van der Waals surface area contributed by atoms with Gasteiger partial charge in [-0.25, -0.2) is 4.98 Å². The Balaban J connectivity index is 1.72. The predicted molar refractivity (Wildman–Crippen MR) is 81.8 cm³/mol. The zero-order valence-electron chi connectivity index (χ0n) is 12.2. The van der Waals surface area contributed by atoms with E-state index in [0.717, 1.165) is 5.75 Å². The molecule has 116 valence electrons. The number of ether oxygens (including phenoxy) is 2. The summed E-state index contributed by atoms with van der Waals surface area (Å²) >= 11 is 0. The highest BCUT2D eigenvalue weighted by molar-refractivity contribution is 6.01. The number of carbonyl (C=O) groups excluding carboxylic acids is 1. The highest BCUT2D eigenvalue weighted by Gasteiger charge is 2.11. The molecule has 0 atom stereocenters. The van der Waals surface area contributed by atoms with Gasteiger partial charge in [0.1, 0.15) is 29.2 Å². The lowest BCUT2D eigenvalue weighted by Gasteiger charge is -2.07. The van der Waals surface area contributed by atoms with Crippen molar-refractivity contribution in [2.45, 2.75) is 0 Å². The summed E-state index contributed by atoms with van der Waals surface area (Å²) in [7, 11) is 1.59. The highest BCUT2D eigenvalue weighted by atomic mass is 16.5. The molecule has 0 aliphatic rings. The first-order chi connectivity index (χ1) is 11.2. The zero-order chi connectivity index (χ0) is 16.1. The van der Waals surface area contributed by atoms with E-state index in [0.29, 0.717) is 11.5 Å². The van der Waals surface area contributed by atoms with Gasteiger partial charge >= 0.3 is 6.01 Å². The lowest BCUT2D eigenvalue weighted by Crippen LogP contribution is -2.13. The van der Waals surface area contributed by atoms with Crippen LogP contribution in [-0.2, 0) is 0 Å². The summed E-state index contributed by atoms with van der Waals surface area (Å²) < 4.78 is 15.7. The summed E-state index contributed by atoms with van der Waals surface area (Å²) in [5.41, 5.74) is 0.189. The molecule has 23 heavy (non-hydrogen) atoms. The molecule has 0 saturated carbocycles. The summed E-state index contributed by atoms with van der Waals surface area (Å²) in [6, 6.07) is 10.4. The first-order valence-corrected chi connectivity index (χ1v) is 6.73. The van der Waals surface area contributed by atoms with E-state index in [-0.39, 0.29) is 11.7 Å². The number of hydrogen-bond acceptors (Lipinski definition) is 6. The molecule has 2 aromatic heterocycles. The smallest absolute Gasteiger partial charge is 0.301 e. The second kappa shape index (κ2) is 6.61. The molecule has 1 N–H and O–H groups in total. The number of amides is 1. The summed E-state index contributed by atoms with van der Waals surface area (Å²) in [6.07, 6.45) is 4.29. The number of pyridine rings is 1. The molecular formula is C16H13N3O4. The van der Waals surface area contributed by atoms with Crippen LogP contribution in [0.25, 0.3) is 0 Å². The van der Waals surface area contributed by atoms with Crippen molar-refractivity contribution < 1.29 is 18.7 Å². The Morgan fingerprint density at radius 3 is 2.52 bits per heavy atom. The Kier molecular flexibility index (Phi) is 4.19. The number of methoxy groups -OCH3 is 1. The number of carbonyl (C=O) groups is 1. The Morgan fingerprint density at radius 2 is 1.83 bits per heavy atom. The Hall–Kier alpha value is -3.35. The summed E-state index contributed by atoms with van der Waals surface area (Å²) in [5, 5.41) is 2.49. The molecule has 0 aliphatic carbocycles. The van der Waals surface area contributed by atoms with Crippen LogP contribution in [0.2, 0.25) is 0 Å². The van der Waals surface area contributed by atoms with Gasteiger partial charge in [-0.2, -0.15) is 0 Å². The quantitative estimate of drug-likeness (QED) is 0.779. The van der Waals surface area contributed by atoms with Crippen LogP contribution in [-0.4, -0.2) is 23.0 Å². The molecule has 0 saturated heterocycles. The standard InChI is InChI=1S/C16H13N3O4/c1-21-11-2-4-12(5-3-11)23-13-6-7-17-14(10-13)15(20)19-16-18-8-9-22-16/h2-10H,1H3,(H,18,19,20).